The van der Waals surface area contributed by atoms with E-state index in [1.807, 2.05) is 24.3 Å². The highest BCUT2D eigenvalue weighted by Crippen LogP contribution is 2.27. The summed E-state index contributed by atoms with van der Waals surface area (Å²) in [6, 6.07) is 7.93. The van der Waals surface area contributed by atoms with Crippen LogP contribution in [0, 0.1) is 0 Å². The summed E-state index contributed by atoms with van der Waals surface area (Å²) in [6.45, 7) is 3.64. The van der Waals surface area contributed by atoms with Gasteiger partial charge in [0.1, 0.15) is 0 Å². The van der Waals surface area contributed by atoms with Crippen molar-refractivity contribution >= 4 is 17.0 Å². The second-order valence-electron chi connectivity index (χ2n) is 5.01. The molecule has 3 nitrogen and oxygen atoms in total. The molecule has 0 aliphatic carbocycles. The number of nitrogens with two attached hydrogens (primary N) is 1. The normalized spacial score (nSPS) is 16.0. The van der Waals surface area contributed by atoms with Gasteiger partial charge in [0.2, 0.25) is 0 Å². The fraction of sp³-hybridized carbons (Fsp3) is 0.400. The number of benzene rings is 1. The largest absolute Gasteiger partial charge is 0.398 e. The van der Waals surface area contributed by atoms with E-state index in [0.717, 1.165) is 29.9 Å². The molecule has 1 aliphatic heterocycles. The zero-order valence-electron chi connectivity index (χ0n) is 11.0. The molecular weight excluding hydrogens is 254 g/mol. The van der Waals surface area contributed by atoms with Crippen molar-refractivity contribution in [2.45, 2.75) is 19.3 Å². The number of rotatable bonds is 4. The van der Waals surface area contributed by atoms with Gasteiger partial charge in [-0.2, -0.15) is 0 Å². The molecule has 1 aromatic carbocycles. The fourth-order valence-corrected chi connectivity index (χ4v) is 3.33. The van der Waals surface area contributed by atoms with Gasteiger partial charge < -0.3 is 10.6 Å². The minimum absolute atomic E-state index is 0.805. The lowest BCUT2D eigenvalue weighted by Gasteiger charge is -2.12. The molecule has 0 spiro atoms. The second kappa shape index (κ2) is 5.72. The van der Waals surface area contributed by atoms with E-state index in [0.29, 0.717) is 0 Å². The summed E-state index contributed by atoms with van der Waals surface area (Å²) in [5.41, 5.74) is 8.86. The summed E-state index contributed by atoms with van der Waals surface area (Å²) in [7, 11) is 0. The Bertz CT molecular complexity index is 544. The predicted octanol–water partition coefficient (Wildman–Crippen LogP) is 3.03. The monoisotopic (exact) mass is 273 g/mol. The van der Waals surface area contributed by atoms with Crippen molar-refractivity contribution < 1.29 is 0 Å². The molecule has 0 unspecified atom stereocenters. The lowest BCUT2D eigenvalue weighted by molar-refractivity contribution is 0.343. The van der Waals surface area contributed by atoms with E-state index in [1.54, 1.807) is 11.3 Å². The molecule has 0 bridgehead atoms. The molecule has 0 saturated carbocycles. The average Bonchev–Trinajstić information content (AvgIpc) is 3.08. The number of aromatic nitrogens is 1. The van der Waals surface area contributed by atoms with E-state index in [1.165, 1.54) is 30.9 Å². The maximum Gasteiger partial charge on any atom is 0.0945 e. The van der Waals surface area contributed by atoms with Gasteiger partial charge in [-0.1, -0.05) is 18.2 Å². The van der Waals surface area contributed by atoms with Crippen molar-refractivity contribution in [3.63, 3.8) is 0 Å². The molecule has 3 rings (SSSR count). The highest BCUT2D eigenvalue weighted by atomic mass is 32.1. The van der Waals surface area contributed by atoms with Crippen LogP contribution in [0.1, 0.15) is 17.8 Å². The summed E-state index contributed by atoms with van der Waals surface area (Å²) in [4.78, 5) is 7.24. The molecule has 19 heavy (non-hydrogen) atoms. The molecule has 1 aliphatic rings. The van der Waals surface area contributed by atoms with Crippen molar-refractivity contribution in [1.82, 2.24) is 9.88 Å². The number of hydrogen-bond acceptors (Lipinski definition) is 4. The first-order valence-corrected chi connectivity index (χ1v) is 7.72. The van der Waals surface area contributed by atoms with E-state index in [4.69, 9.17) is 10.7 Å². The Balaban J connectivity index is 1.67. The molecule has 4 heteroatoms. The number of para-hydroxylation sites is 1. The van der Waals surface area contributed by atoms with Gasteiger partial charge in [0.25, 0.3) is 0 Å². The molecule has 2 aromatic rings. The number of thiazole rings is 1. The minimum atomic E-state index is 0.805. The molecule has 1 saturated heterocycles. The first kappa shape index (κ1) is 12.6. The Morgan fingerprint density at radius 3 is 2.79 bits per heavy atom. The van der Waals surface area contributed by atoms with Crippen LogP contribution in [-0.4, -0.2) is 29.5 Å². The molecule has 0 radical (unpaired) electrons. The standard InChI is InChI=1S/C15H19N3S/c16-13-6-2-1-5-12(13)14-11-19-15(17-14)7-10-18-8-3-4-9-18/h1-2,5-6,11H,3-4,7-10,16H2. The first-order chi connectivity index (χ1) is 9.33. The number of anilines is 1. The number of likely N-dealkylation sites (tertiary alicyclic amines) is 1. The minimum Gasteiger partial charge on any atom is -0.398 e. The van der Waals surface area contributed by atoms with Gasteiger partial charge in [0, 0.05) is 29.6 Å². The molecule has 0 atom stereocenters. The quantitative estimate of drug-likeness (QED) is 0.871. The molecule has 2 heterocycles. The summed E-state index contributed by atoms with van der Waals surface area (Å²) >= 11 is 1.74. The lowest BCUT2D eigenvalue weighted by Crippen LogP contribution is -2.21. The summed E-state index contributed by atoms with van der Waals surface area (Å²) < 4.78 is 0. The van der Waals surface area contributed by atoms with E-state index in [9.17, 15) is 0 Å². The number of nitrogen functional groups attached to an aromatic ring is 1. The molecule has 100 valence electrons. The predicted molar refractivity (Wildman–Crippen MR) is 81.3 cm³/mol. The van der Waals surface area contributed by atoms with Crippen LogP contribution >= 0.6 is 11.3 Å². The highest BCUT2D eigenvalue weighted by molar-refractivity contribution is 7.09. The maximum atomic E-state index is 5.99. The van der Waals surface area contributed by atoms with Gasteiger partial charge in [-0.3, -0.25) is 0 Å². The van der Waals surface area contributed by atoms with Gasteiger partial charge in [-0.15, -0.1) is 11.3 Å². The van der Waals surface area contributed by atoms with Crippen LogP contribution in [0.15, 0.2) is 29.6 Å². The van der Waals surface area contributed by atoms with Crippen LogP contribution < -0.4 is 5.73 Å². The smallest absolute Gasteiger partial charge is 0.0945 e. The van der Waals surface area contributed by atoms with E-state index >= 15 is 0 Å². The second-order valence-corrected chi connectivity index (χ2v) is 5.96. The highest BCUT2D eigenvalue weighted by Gasteiger charge is 2.12. The molecule has 1 fully saturated rings. The van der Waals surface area contributed by atoms with Crippen molar-refractivity contribution in [2.24, 2.45) is 0 Å². The van der Waals surface area contributed by atoms with Crippen molar-refractivity contribution in [3.8, 4) is 11.3 Å². The Kier molecular flexibility index (Phi) is 3.80. The van der Waals surface area contributed by atoms with Crippen molar-refractivity contribution in [1.29, 1.82) is 0 Å². The zero-order valence-corrected chi connectivity index (χ0v) is 11.8. The van der Waals surface area contributed by atoms with Gasteiger partial charge in [-0.05, 0) is 32.0 Å². The van der Waals surface area contributed by atoms with Gasteiger partial charge in [0.15, 0.2) is 0 Å². The van der Waals surface area contributed by atoms with Crippen LogP contribution in [0.5, 0.6) is 0 Å². The lowest BCUT2D eigenvalue weighted by atomic mass is 10.1. The molecule has 0 amide bonds. The fourth-order valence-electron chi connectivity index (χ4n) is 2.54. The van der Waals surface area contributed by atoms with Crippen molar-refractivity contribution in [3.05, 3.63) is 34.7 Å². The van der Waals surface area contributed by atoms with Gasteiger partial charge in [0.05, 0.1) is 10.7 Å². The number of nitrogens with zero attached hydrogens (tertiary/aromatic N) is 2. The topological polar surface area (TPSA) is 42.1 Å². The van der Waals surface area contributed by atoms with Crippen LogP contribution in [0.3, 0.4) is 0 Å². The van der Waals surface area contributed by atoms with Gasteiger partial charge in [-0.25, -0.2) is 4.98 Å². The molecular formula is C15H19N3S. The number of hydrogen-bond donors (Lipinski definition) is 1. The first-order valence-electron chi connectivity index (χ1n) is 6.84. The van der Waals surface area contributed by atoms with Gasteiger partial charge >= 0.3 is 0 Å². The Hall–Kier alpha value is -1.39. The molecule has 2 N–H and O–H groups in total. The summed E-state index contributed by atoms with van der Waals surface area (Å²) in [5.74, 6) is 0. The third kappa shape index (κ3) is 2.96. The third-order valence-corrected chi connectivity index (χ3v) is 4.54. The van der Waals surface area contributed by atoms with E-state index in [-0.39, 0.29) is 0 Å². The summed E-state index contributed by atoms with van der Waals surface area (Å²) in [6.07, 6.45) is 3.75. The Labute approximate surface area is 118 Å². The van der Waals surface area contributed by atoms with Crippen LogP contribution in [0.25, 0.3) is 11.3 Å². The van der Waals surface area contributed by atoms with Crippen LogP contribution in [0.4, 0.5) is 5.69 Å². The van der Waals surface area contributed by atoms with Crippen LogP contribution in [-0.2, 0) is 6.42 Å². The SMILES string of the molecule is Nc1ccccc1-c1csc(CCN2CCCC2)n1. The zero-order chi connectivity index (χ0) is 13.1. The summed E-state index contributed by atoms with van der Waals surface area (Å²) in [5, 5.41) is 3.33. The third-order valence-electron chi connectivity index (χ3n) is 3.63. The maximum absolute atomic E-state index is 5.99. The Morgan fingerprint density at radius 2 is 2.00 bits per heavy atom. The Morgan fingerprint density at radius 1 is 1.21 bits per heavy atom. The van der Waals surface area contributed by atoms with Crippen LogP contribution in [0.2, 0.25) is 0 Å². The van der Waals surface area contributed by atoms with E-state index in [2.05, 4.69) is 10.3 Å². The van der Waals surface area contributed by atoms with E-state index < -0.39 is 0 Å². The van der Waals surface area contributed by atoms with Crippen molar-refractivity contribution in [2.75, 3.05) is 25.4 Å². The molecule has 1 aromatic heterocycles. The average molecular weight is 273 g/mol.